The van der Waals surface area contributed by atoms with E-state index in [0.29, 0.717) is 17.3 Å². The van der Waals surface area contributed by atoms with Gasteiger partial charge in [0.05, 0.1) is 0 Å². The van der Waals surface area contributed by atoms with Crippen LogP contribution in [-0.4, -0.2) is 15.4 Å². The molecular weight excluding hydrogens is 300 g/mol. The van der Waals surface area contributed by atoms with Crippen LogP contribution in [0, 0.1) is 0 Å². The van der Waals surface area contributed by atoms with E-state index < -0.39 is 5.56 Å². The molecule has 1 aromatic rings. The van der Waals surface area contributed by atoms with Crippen molar-refractivity contribution in [2.75, 3.05) is 0 Å². The minimum Gasteiger partial charge on any atom is -0.298 e. The number of carbonyl (C=O) groups excluding carboxylic acids is 1. The summed E-state index contributed by atoms with van der Waals surface area (Å²) in [6, 6.07) is -0.0412. The Bertz CT molecular complexity index is 560. The first-order valence-electron chi connectivity index (χ1n) is 5.85. The topological polar surface area (TPSA) is 61.1 Å². The third kappa shape index (κ3) is 2.48. The quantitative estimate of drug-likeness (QED) is 0.612. The number of alkyl halides is 1. The van der Waals surface area contributed by atoms with Crippen molar-refractivity contribution in [1.29, 1.82) is 0 Å². The van der Waals surface area contributed by atoms with Gasteiger partial charge in [-0.15, -0.1) is 0 Å². The van der Waals surface area contributed by atoms with E-state index in [1.807, 2.05) is 13.8 Å². The van der Waals surface area contributed by atoms with Gasteiger partial charge < -0.3 is 0 Å². The van der Waals surface area contributed by atoms with Crippen LogP contribution < -0.4 is 11.2 Å². The van der Waals surface area contributed by atoms with Crippen LogP contribution in [0.1, 0.15) is 48.8 Å². The minimum atomic E-state index is -0.538. The van der Waals surface area contributed by atoms with Crippen molar-refractivity contribution in [2.45, 2.75) is 38.1 Å². The summed E-state index contributed by atoms with van der Waals surface area (Å²) in [4.78, 5) is 35.0. The van der Waals surface area contributed by atoms with Crippen LogP contribution >= 0.6 is 15.9 Å². The van der Waals surface area contributed by atoms with Crippen molar-refractivity contribution in [3.05, 3.63) is 32.1 Å². The Balaban J connectivity index is 3.68. The number of rotatable bonds is 5. The van der Waals surface area contributed by atoms with Gasteiger partial charge in [0, 0.05) is 24.1 Å². The molecule has 0 saturated heterocycles. The monoisotopic (exact) mass is 316 g/mol. The molecule has 0 aromatic carbocycles. The molecule has 0 N–H and O–H groups in total. The van der Waals surface area contributed by atoms with E-state index in [0.717, 1.165) is 17.4 Å². The summed E-state index contributed by atoms with van der Waals surface area (Å²) >= 11 is 3.25. The molecular formula is C12H17BrN2O3. The standard InChI is InChI=1S/C12H17BrN2O3/c1-4-5-8(2)15-10(6-13)9(7-16)11(17)14(3)12(15)18/h7-8H,4-6H2,1-3H3. The number of aldehydes is 1. The second-order valence-corrected chi connectivity index (χ2v) is 4.83. The molecule has 5 nitrogen and oxygen atoms in total. The maximum absolute atomic E-state index is 12.1. The Morgan fingerprint density at radius 1 is 1.39 bits per heavy atom. The molecule has 0 aliphatic heterocycles. The Labute approximate surface area is 114 Å². The van der Waals surface area contributed by atoms with E-state index in [4.69, 9.17) is 0 Å². The first kappa shape index (κ1) is 14.9. The van der Waals surface area contributed by atoms with Gasteiger partial charge in [0.25, 0.3) is 5.56 Å². The molecule has 6 heteroatoms. The van der Waals surface area contributed by atoms with E-state index in [1.165, 1.54) is 11.6 Å². The smallest absolute Gasteiger partial charge is 0.298 e. The second-order valence-electron chi connectivity index (χ2n) is 4.27. The van der Waals surface area contributed by atoms with Crippen LogP contribution in [0.5, 0.6) is 0 Å². The maximum Gasteiger partial charge on any atom is 0.331 e. The first-order chi connectivity index (χ1) is 8.49. The van der Waals surface area contributed by atoms with Gasteiger partial charge in [-0.05, 0) is 13.3 Å². The zero-order valence-corrected chi connectivity index (χ0v) is 12.4. The van der Waals surface area contributed by atoms with Crippen LogP contribution in [-0.2, 0) is 12.4 Å². The summed E-state index contributed by atoms with van der Waals surface area (Å²) in [6.45, 7) is 3.94. The van der Waals surface area contributed by atoms with E-state index in [1.54, 1.807) is 0 Å². The Morgan fingerprint density at radius 3 is 2.44 bits per heavy atom. The summed E-state index contributed by atoms with van der Waals surface area (Å²) in [6.07, 6.45) is 2.26. The van der Waals surface area contributed by atoms with Crippen molar-refractivity contribution in [1.82, 2.24) is 9.13 Å². The van der Waals surface area contributed by atoms with Gasteiger partial charge in [-0.25, -0.2) is 4.79 Å². The van der Waals surface area contributed by atoms with E-state index in [-0.39, 0.29) is 17.3 Å². The lowest BCUT2D eigenvalue weighted by Gasteiger charge is -2.20. The average molecular weight is 317 g/mol. The molecule has 1 rings (SSSR count). The van der Waals surface area contributed by atoms with Crippen molar-refractivity contribution in [3.63, 3.8) is 0 Å². The Kier molecular flexibility index (Phi) is 5.07. The third-order valence-corrected chi connectivity index (χ3v) is 3.55. The summed E-state index contributed by atoms with van der Waals surface area (Å²) in [5.41, 5.74) is -0.402. The lowest BCUT2D eigenvalue weighted by atomic mass is 10.1. The summed E-state index contributed by atoms with van der Waals surface area (Å²) in [5.74, 6) is 0. The summed E-state index contributed by atoms with van der Waals surface area (Å²) in [7, 11) is 1.39. The van der Waals surface area contributed by atoms with E-state index in [9.17, 15) is 14.4 Å². The molecule has 1 heterocycles. The van der Waals surface area contributed by atoms with E-state index >= 15 is 0 Å². The van der Waals surface area contributed by atoms with Gasteiger partial charge in [0.2, 0.25) is 0 Å². The van der Waals surface area contributed by atoms with Gasteiger partial charge in [-0.2, -0.15) is 0 Å². The molecule has 1 unspecified atom stereocenters. The first-order valence-corrected chi connectivity index (χ1v) is 6.97. The molecule has 0 spiro atoms. The van der Waals surface area contributed by atoms with Gasteiger partial charge in [-0.3, -0.25) is 18.7 Å². The SMILES string of the molecule is CCCC(C)n1c(CBr)c(C=O)c(=O)n(C)c1=O. The van der Waals surface area contributed by atoms with Gasteiger partial charge in [-0.1, -0.05) is 29.3 Å². The number of hydrogen-bond donors (Lipinski definition) is 0. The van der Waals surface area contributed by atoms with Crippen molar-refractivity contribution in [2.24, 2.45) is 7.05 Å². The minimum absolute atomic E-state index is 0.0412. The normalized spacial score (nSPS) is 12.4. The number of nitrogens with zero attached hydrogens (tertiary/aromatic N) is 2. The number of halogens is 1. The highest BCUT2D eigenvalue weighted by Gasteiger charge is 2.19. The molecule has 0 radical (unpaired) electrons. The predicted octanol–water partition coefficient (Wildman–Crippen LogP) is 1.62. The molecule has 100 valence electrons. The number of aromatic nitrogens is 2. The molecule has 0 bridgehead atoms. The molecule has 18 heavy (non-hydrogen) atoms. The molecule has 1 atom stereocenters. The molecule has 0 amide bonds. The van der Waals surface area contributed by atoms with Crippen molar-refractivity contribution in [3.8, 4) is 0 Å². The van der Waals surface area contributed by atoms with Crippen LogP contribution in [0.2, 0.25) is 0 Å². The average Bonchev–Trinajstić information content (AvgIpc) is 2.35. The fourth-order valence-electron chi connectivity index (χ4n) is 2.05. The lowest BCUT2D eigenvalue weighted by molar-refractivity contribution is 0.111. The number of hydrogen-bond acceptors (Lipinski definition) is 3. The fourth-order valence-corrected chi connectivity index (χ4v) is 2.63. The van der Waals surface area contributed by atoms with Gasteiger partial charge >= 0.3 is 5.69 Å². The van der Waals surface area contributed by atoms with Crippen LogP contribution in [0.4, 0.5) is 0 Å². The zero-order chi connectivity index (χ0) is 13.9. The van der Waals surface area contributed by atoms with Crippen molar-refractivity contribution >= 4 is 22.2 Å². The highest BCUT2D eigenvalue weighted by molar-refractivity contribution is 9.08. The van der Waals surface area contributed by atoms with Crippen LogP contribution in [0.3, 0.4) is 0 Å². The Hall–Kier alpha value is -1.17. The zero-order valence-electron chi connectivity index (χ0n) is 10.8. The molecule has 0 saturated carbocycles. The largest absolute Gasteiger partial charge is 0.331 e. The fraction of sp³-hybridized carbons (Fsp3) is 0.583. The van der Waals surface area contributed by atoms with Crippen LogP contribution in [0.25, 0.3) is 0 Å². The lowest BCUT2D eigenvalue weighted by Crippen LogP contribution is -2.43. The van der Waals surface area contributed by atoms with Gasteiger partial charge in [0.1, 0.15) is 5.56 Å². The highest BCUT2D eigenvalue weighted by Crippen LogP contribution is 2.16. The number of carbonyl (C=O) groups is 1. The van der Waals surface area contributed by atoms with E-state index in [2.05, 4.69) is 15.9 Å². The maximum atomic E-state index is 12.1. The molecule has 1 aromatic heterocycles. The molecule has 0 aliphatic rings. The second kappa shape index (κ2) is 6.13. The Morgan fingerprint density at radius 2 is 2.00 bits per heavy atom. The summed E-state index contributed by atoms with van der Waals surface area (Å²) < 4.78 is 2.52. The van der Waals surface area contributed by atoms with Crippen molar-refractivity contribution < 1.29 is 4.79 Å². The molecule has 0 fully saturated rings. The van der Waals surface area contributed by atoms with Gasteiger partial charge in [0.15, 0.2) is 6.29 Å². The molecule has 0 aliphatic carbocycles. The summed E-state index contributed by atoms with van der Waals surface area (Å²) in [5, 5.41) is 0.306. The third-order valence-electron chi connectivity index (χ3n) is 3.02. The van der Waals surface area contributed by atoms with Crippen LogP contribution in [0.15, 0.2) is 9.59 Å². The predicted molar refractivity (Wildman–Crippen MR) is 73.6 cm³/mol. The highest BCUT2D eigenvalue weighted by atomic mass is 79.9.